The van der Waals surface area contributed by atoms with E-state index in [2.05, 4.69) is 67.4 Å². The van der Waals surface area contributed by atoms with Crippen LogP contribution in [0.4, 0.5) is 16.2 Å². The van der Waals surface area contributed by atoms with Gasteiger partial charge in [-0.2, -0.15) is 10.1 Å². The lowest BCUT2D eigenvalue weighted by molar-refractivity contribution is 0.122. The first-order valence-electron chi connectivity index (χ1n) is 11.7. The zero-order valence-electron chi connectivity index (χ0n) is 20.2. The lowest BCUT2D eigenvalue weighted by Gasteiger charge is -2.27. The standard InChI is InChI=1S/C27H25FIN5O3/c1-35-24-14-18(15-31-33-27-30-16-22(28)26(32-27)34-9-11-36-12-10-34)13-23(29)25(24)37-17-20-7-4-6-19-5-2-3-8-21(19)20/h2-8,13-16H,9-12,17H2,1H3,(H,30,32,33)/b31-15-. The minimum absolute atomic E-state index is 0.204. The van der Waals surface area contributed by atoms with Crippen molar-refractivity contribution < 1.29 is 18.6 Å². The Hall–Kier alpha value is -3.51. The second kappa shape index (κ2) is 11.7. The van der Waals surface area contributed by atoms with Crippen LogP contribution in [-0.4, -0.2) is 49.6 Å². The summed E-state index contributed by atoms with van der Waals surface area (Å²) >= 11 is 2.22. The highest BCUT2D eigenvalue weighted by Crippen LogP contribution is 2.34. The Labute approximate surface area is 227 Å². The Bertz CT molecular complexity index is 1420. The largest absolute Gasteiger partial charge is 0.493 e. The van der Waals surface area contributed by atoms with Gasteiger partial charge in [0.1, 0.15) is 6.61 Å². The van der Waals surface area contributed by atoms with Crippen LogP contribution in [-0.2, 0) is 11.3 Å². The third-order valence-corrected chi connectivity index (χ3v) is 6.72. The van der Waals surface area contributed by atoms with Crippen LogP contribution < -0.4 is 19.8 Å². The zero-order chi connectivity index (χ0) is 25.6. The van der Waals surface area contributed by atoms with Crippen molar-refractivity contribution in [3.05, 3.63) is 81.3 Å². The molecule has 37 heavy (non-hydrogen) atoms. The van der Waals surface area contributed by atoms with Gasteiger partial charge in [-0.15, -0.1) is 0 Å². The van der Waals surface area contributed by atoms with Crippen molar-refractivity contribution in [2.45, 2.75) is 6.61 Å². The number of methoxy groups -OCH3 is 1. The maximum atomic E-state index is 14.3. The molecule has 0 atom stereocenters. The van der Waals surface area contributed by atoms with Crippen LogP contribution in [0.15, 0.2) is 65.9 Å². The SMILES string of the molecule is COc1cc(/C=N\Nc2ncc(F)c(N3CCOCC3)n2)cc(I)c1OCc1cccc2ccccc12. The van der Waals surface area contributed by atoms with Gasteiger partial charge in [0.25, 0.3) is 0 Å². The first kappa shape index (κ1) is 25.2. The molecule has 0 spiro atoms. The highest BCUT2D eigenvalue weighted by Gasteiger charge is 2.18. The van der Waals surface area contributed by atoms with Crippen LogP contribution in [0.5, 0.6) is 11.5 Å². The maximum absolute atomic E-state index is 14.3. The summed E-state index contributed by atoms with van der Waals surface area (Å²) in [5, 5.41) is 6.57. The molecule has 1 N–H and O–H groups in total. The Morgan fingerprint density at radius 2 is 1.97 bits per heavy atom. The predicted molar refractivity (Wildman–Crippen MR) is 150 cm³/mol. The molecular formula is C27H25FIN5O3. The molecule has 0 aliphatic carbocycles. The maximum Gasteiger partial charge on any atom is 0.245 e. The number of fused-ring (bicyclic) bond motifs is 1. The van der Waals surface area contributed by atoms with Crippen molar-refractivity contribution in [2.75, 3.05) is 43.7 Å². The quantitative estimate of drug-likeness (QED) is 0.165. The summed E-state index contributed by atoms with van der Waals surface area (Å²) in [6, 6.07) is 18.2. The van der Waals surface area contributed by atoms with Gasteiger partial charge in [0.2, 0.25) is 5.95 Å². The number of anilines is 2. The molecule has 0 unspecified atom stereocenters. The smallest absolute Gasteiger partial charge is 0.245 e. The highest BCUT2D eigenvalue weighted by atomic mass is 127. The number of hydrazone groups is 1. The summed E-state index contributed by atoms with van der Waals surface area (Å²) in [4.78, 5) is 10.1. The van der Waals surface area contributed by atoms with E-state index >= 15 is 0 Å². The topological polar surface area (TPSA) is 81.1 Å². The van der Waals surface area contributed by atoms with Crippen LogP contribution in [0.1, 0.15) is 11.1 Å². The molecule has 0 saturated carbocycles. The molecule has 4 aromatic rings. The number of ether oxygens (including phenoxy) is 3. The number of benzene rings is 3. The van der Waals surface area contributed by atoms with E-state index in [-0.39, 0.29) is 11.8 Å². The summed E-state index contributed by atoms with van der Waals surface area (Å²) in [6.07, 6.45) is 2.77. The number of hydrogen-bond donors (Lipinski definition) is 1. The third-order valence-electron chi connectivity index (χ3n) is 5.92. The van der Waals surface area contributed by atoms with Crippen molar-refractivity contribution in [2.24, 2.45) is 5.10 Å². The molecule has 190 valence electrons. The molecule has 0 bridgehead atoms. The van der Waals surface area contributed by atoms with Crippen LogP contribution in [0.2, 0.25) is 0 Å². The number of halogens is 2. The Morgan fingerprint density at radius 3 is 2.81 bits per heavy atom. The van der Waals surface area contributed by atoms with Crippen molar-refractivity contribution in [3.8, 4) is 11.5 Å². The van der Waals surface area contributed by atoms with Crippen LogP contribution >= 0.6 is 22.6 Å². The Kier molecular flexibility index (Phi) is 7.95. The molecule has 1 saturated heterocycles. The van der Waals surface area contributed by atoms with Gasteiger partial charge in [0.15, 0.2) is 23.1 Å². The summed E-state index contributed by atoms with van der Waals surface area (Å²) in [7, 11) is 1.61. The molecule has 3 aromatic carbocycles. The van der Waals surface area contributed by atoms with E-state index in [1.807, 2.05) is 35.2 Å². The van der Waals surface area contributed by atoms with Crippen LogP contribution in [0, 0.1) is 9.39 Å². The molecule has 8 nitrogen and oxygen atoms in total. The van der Waals surface area contributed by atoms with Crippen molar-refractivity contribution >= 4 is 51.3 Å². The first-order chi connectivity index (χ1) is 18.1. The highest BCUT2D eigenvalue weighted by molar-refractivity contribution is 14.1. The number of nitrogens with zero attached hydrogens (tertiary/aromatic N) is 4. The Balaban J connectivity index is 1.29. The van der Waals surface area contributed by atoms with Gasteiger partial charge < -0.3 is 19.1 Å². The van der Waals surface area contributed by atoms with E-state index in [1.165, 1.54) is 5.39 Å². The van der Waals surface area contributed by atoms with E-state index in [4.69, 9.17) is 14.2 Å². The van der Waals surface area contributed by atoms with E-state index < -0.39 is 5.82 Å². The number of morpholine rings is 1. The minimum atomic E-state index is -0.477. The number of hydrogen-bond acceptors (Lipinski definition) is 8. The summed E-state index contributed by atoms with van der Waals surface area (Å²) in [5.41, 5.74) is 4.68. The zero-order valence-corrected chi connectivity index (χ0v) is 22.3. The van der Waals surface area contributed by atoms with Gasteiger partial charge >= 0.3 is 0 Å². The van der Waals surface area contributed by atoms with Gasteiger partial charge in [-0.25, -0.2) is 14.8 Å². The van der Waals surface area contributed by atoms with E-state index in [1.54, 1.807) is 13.3 Å². The van der Waals surface area contributed by atoms with E-state index in [9.17, 15) is 4.39 Å². The predicted octanol–water partition coefficient (Wildman–Crippen LogP) is 5.24. The summed E-state index contributed by atoms with van der Waals surface area (Å²) < 4.78 is 32.3. The molecule has 1 aliphatic heterocycles. The first-order valence-corrected chi connectivity index (χ1v) is 12.8. The monoisotopic (exact) mass is 613 g/mol. The second-order valence-corrected chi connectivity index (χ2v) is 9.46. The van der Waals surface area contributed by atoms with Crippen LogP contribution in [0.25, 0.3) is 10.8 Å². The number of rotatable bonds is 8. The van der Waals surface area contributed by atoms with Crippen molar-refractivity contribution in [1.82, 2.24) is 9.97 Å². The number of nitrogens with one attached hydrogen (secondary N) is 1. The third kappa shape index (κ3) is 5.91. The van der Waals surface area contributed by atoms with E-state index in [0.29, 0.717) is 44.4 Å². The fraction of sp³-hybridized carbons (Fsp3) is 0.222. The van der Waals surface area contributed by atoms with Gasteiger partial charge in [-0.3, -0.25) is 0 Å². The fourth-order valence-electron chi connectivity index (χ4n) is 4.10. The fourth-order valence-corrected chi connectivity index (χ4v) is 4.88. The second-order valence-electron chi connectivity index (χ2n) is 8.30. The van der Waals surface area contributed by atoms with Gasteiger partial charge in [-0.05, 0) is 56.6 Å². The van der Waals surface area contributed by atoms with Crippen LogP contribution in [0.3, 0.4) is 0 Å². The average Bonchev–Trinajstić information content (AvgIpc) is 2.93. The van der Waals surface area contributed by atoms with Gasteiger partial charge in [0.05, 0.1) is 36.3 Å². The van der Waals surface area contributed by atoms with Crippen molar-refractivity contribution in [1.29, 1.82) is 0 Å². The molecule has 1 aromatic heterocycles. The molecule has 1 aliphatic rings. The molecule has 5 rings (SSSR count). The molecule has 2 heterocycles. The molecule has 0 amide bonds. The van der Waals surface area contributed by atoms with Gasteiger partial charge in [0, 0.05) is 13.1 Å². The molecule has 10 heteroatoms. The number of aromatic nitrogens is 2. The minimum Gasteiger partial charge on any atom is -0.493 e. The normalized spacial score (nSPS) is 13.8. The molecule has 0 radical (unpaired) electrons. The average molecular weight is 613 g/mol. The van der Waals surface area contributed by atoms with Crippen molar-refractivity contribution in [3.63, 3.8) is 0 Å². The lowest BCUT2D eigenvalue weighted by Crippen LogP contribution is -2.37. The Morgan fingerprint density at radius 1 is 1.16 bits per heavy atom. The lowest BCUT2D eigenvalue weighted by atomic mass is 10.1. The summed E-state index contributed by atoms with van der Waals surface area (Å²) in [6.45, 7) is 2.63. The summed E-state index contributed by atoms with van der Waals surface area (Å²) in [5.74, 6) is 1.23. The molecular weight excluding hydrogens is 588 g/mol. The molecule has 1 fully saturated rings. The van der Waals surface area contributed by atoms with E-state index in [0.717, 1.165) is 26.3 Å². The van der Waals surface area contributed by atoms with Gasteiger partial charge in [-0.1, -0.05) is 42.5 Å².